The third-order valence-electron chi connectivity index (χ3n) is 2.13. The first-order valence-electron chi connectivity index (χ1n) is 5.35. The van der Waals surface area contributed by atoms with Crippen molar-refractivity contribution in [2.75, 3.05) is 6.54 Å². The number of nitrogens with one attached hydrogen (secondary N) is 1. The lowest BCUT2D eigenvalue weighted by Gasteiger charge is -1.99. The maximum Gasteiger partial charge on any atom is 0.216 e. The van der Waals surface area contributed by atoms with Crippen molar-refractivity contribution < 1.29 is 9.18 Å². The molecule has 1 aromatic carbocycles. The molecule has 0 radical (unpaired) electrons. The van der Waals surface area contributed by atoms with Crippen molar-refractivity contribution in [2.24, 2.45) is 5.73 Å². The number of rotatable bonds is 3. The molecule has 0 heterocycles. The van der Waals surface area contributed by atoms with Crippen molar-refractivity contribution in [3.63, 3.8) is 0 Å². The largest absolute Gasteiger partial charge is 0.355 e. The van der Waals surface area contributed by atoms with Crippen LogP contribution in [0, 0.1) is 17.7 Å². The number of carbonyl (C=O) groups excluding carboxylic acids is 1. The molecule has 0 atom stereocenters. The number of hydrogen-bond acceptors (Lipinski definition) is 2. The van der Waals surface area contributed by atoms with Crippen molar-refractivity contribution in [3.8, 4) is 11.8 Å². The van der Waals surface area contributed by atoms with Gasteiger partial charge in [-0.15, -0.1) is 0 Å². The van der Waals surface area contributed by atoms with Crippen LogP contribution in [0.1, 0.15) is 24.5 Å². The van der Waals surface area contributed by atoms with Gasteiger partial charge in [0.25, 0.3) is 0 Å². The van der Waals surface area contributed by atoms with Crippen molar-refractivity contribution >= 4 is 5.91 Å². The summed E-state index contributed by atoms with van der Waals surface area (Å²) < 4.78 is 13.3. The van der Waals surface area contributed by atoms with Gasteiger partial charge in [0.15, 0.2) is 0 Å². The normalized spacial score (nSPS) is 9.35. The first-order valence-corrected chi connectivity index (χ1v) is 5.35. The third kappa shape index (κ3) is 4.66. The molecule has 0 aliphatic carbocycles. The molecule has 1 aromatic rings. The van der Waals surface area contributed by atoms with Crippen molar-refractivity contribution in [2.45, 2.75) is 19.9 Å². The molecular weight excluding hydrogens is 219 g/mol. The molecule has 0 unspecified atom stereocenters. The number of nitrogens with two attached hydrogens (primary N) is 1. The quantitative estimate of drug-likeness (QED) is 0.609. The summed E-state index contributed by atoms with van der Waals surface area (Å²) in [5, 5.41) is 2.63. The van der Waals surface area contributed by atoms with Gasteiger partial charge in [0.1, 0.15) is 5.82 Å². The van der Waals surface area contributed by atoms with E-state index in [2.05, 4.69) is 17.2 Å². The van der Waals surface area contributed by atoms with Gasteiger partial charge in [-0.1, -0.05) is 17.9 Å². The Hall–Kier alpha value is -1.86. The van der Waals surface area contributed by atoms with Gasteiger partial charge in [0, 0.05) is 37.6 Å². The monoisotopic (exact) mass is 234 g/mol. The van der Waals surface area contributed by atoms with Crippen molar-refractivity contribution in [1.29, 1.82) is 0 Å². The second-order valence-corrected chi connectivity index (χ2v) is 3.55. The Morgan fingerprint density at radius 1 is 1.53 bits per heavy atom. The highest BCUT2D eigenvalue weighted by Crippen LogP contribution is 2.08. The molecule has 0 fully saturated rings. The van der Waals surface area contributed by atoms with E-state index in [0.29, 0.717) is 24.1 Å². The van der Waals surface area contributed by atoms with Gasteiger partial charge in [0.2, 0.25) is 5.91 Å². The summed E-state index contributed by atoms with van der Waals surface area (Å²) in [7, 11) is 0. The number of carbonyl (C=O) groups is 1. The molecular formula is C13H15FN2O. The lowest BCUT2D eigenvalue weighted by atomic mass is 10.1. The van der Waals surface area contributed by atoms with Crippen molar-refractivity contribution in [3.05, 3.63) is 35.1 Å². The van der Waals surface area contributed by atoms with Crippen LogP contribution in [0.5, 0.6) is 0 Å². The van der Waals surface area contributed by atoms with Gasteiger partial charge in [-0.05, 0) is 12.1 Å². The predicted molar refractivity (Wildman–Crippen MR) is 64.5 cm³/mol. The van der Waals surface area contributed by atoms with Crippen LogP contribution in [-0.2, 0) is 11.3 Å². The molecule has 0 aromatic heterocycles. The molecule has 1 amide bonds. The standard InChI is InChI=1S/C13H15FN2O/c1-10(17)16-7-3-2-4-11-5-6-12(9-15)13(14)8-11/h5-6,8H,3,7,9,15H2,1H3,(H,16,17). The molecule has 17 heavy (non-hydrogen) atoms. The molecule has 0 spiro atoms. The lowest BCUT2D eigenvalue weighted by molar-refractivity contribution is -0.118. The van der Waals surface area contributed by atoms with Gasteiger partial charge in [0.05, 0.1) is 0 Å². The second-order valence-electron chi connectivity index (χ2n) is 3.55. The maximum atomic E-state index is 13.3. The Morgan fingerprint density at radius 3 is 2.88 bits per heavy atom. The molecule has 0 saturated heterocycles. The summed E-state index contributed by atoms with van der Waals surface area (Å²) in [6, 6.07) is 4.73. The van der Waals surface area contributed by atoms with E-state index in [9.17, 15) is 9.18 Å². The highest BCUT2D eigenvalue weighted by atomic mass is 19.1. The average Bonchev–Trinajstić information content (AvgIpc) is 2.28. The van der Waals surface area contributed by atoms with E-state index in [-0.39, 0.29) is 18.3 Å². The fourth-order valence-corrected chi connectivity index (χ4v) is 1.26. The summed E-state index contributed by atoms with van der Waals surface area (Å²) in [5.41, 5.74) is 6.45. The van der Waals surface area contributed by atoms with Crippen LogP contribution < -0.4 is 11.1 Å². The first kappa shape index (κ1) is 13.2. The maximum absolute atomic E-state index is 13.3. The molecule has 0 aliphatic rings. The molecule has 0 saturated carbocycles. The van der Waals surface area contributed by atoms with Gasteiger partial charge >= 0.3 is 0 Å². The van der Waals surface area contributed by atoms with E-state index in [0.717, 1.165) is 0 Å². The van der Waals surface area contributed by atoms with Crippen LogP contribution in [0.3, 0.4) is 0 Å². The smallest absolute Gasteiger partial charge is 0.216 e. The zero-order chi connectivity index (χ0) is 12.7. The average molecular weight is 234 g/mol. The Labute approximate surface area is 100 Å². The van der Waals surface area contributed by atoms with E-state index < -0.39 is 0 Å². The number of benzene rings is 1. The minimum absolute atomic E-state index is 0.0786. The van der Waals surface area contributed by atoms with E-state index in [4.69, 9.17) is 5.73 Å². The van der Waals surface area contributed by atoms with Gasteiger partial charge < -0.3 is 11.1 Å². The van der Waals surface area contributed by atoms with Crippen LogP contribution >= 0.6 is 0 Å². The molecule has 0 aliphatic heterocycles. The molecule has 3 N–H and O–H groups in total. The van der Waals surface area contributed by atoms with E-state index >= 15 is 0 Å². The highest BCUT2D eigenvalue weighted by Gasteiger charge is 1.99. The fraction of sp³-hybridized carbons (Fsp3) is 0.308. The summed E-state index contributed by atoms with van der Waals surface area (Å²) in [4.78, 5) is 10.6. The topological polar surface area (TPSA) is 55.1 Å². The Bertz CT molecular complexity index is 460. The zero-order valence-corrected chi connectivity index (χ0v) is 9.72. The Balaban J connectivity index is 2.54. The number of amides is 1. The fourth-order valence-electron chi connectivity index (χ4n) is 1.26. The predicted octanol–water partition coefficient (Wildman–Crippen LogP) is 1.16. The van der Waals surface area contributed by atoms with Crippen molar-refractivity contribution in [1.82, 2.24) is 5.32 Å². The molecule has 1 rings (SSSR count). The van der Waals surface area contributed by atoms with Crippen LogP contribution in [-0.4, -0.2) is 12.5 Å². The van der Waals surface area contributed by atoms with Gasteiger partial charge in [-0.2, -0.15) is 0 Å². The summed E-state index contributed by atoms with van der Waals surface area (Å²) in [5.74, 6) is 5.28. The zero-order valence-electron chi connectivity index (χ0n) is 9.72. The summed E-state index contributed by atoms with van der Waals surface area (Å²) >= 11 is 0. The Morgan fingerprint density at radius 2 is 2.29 bits per heavy atom. The van der Waals surface area contributed by atoms with Crippen LogP contribution in [0.15, 0.2) is 18.2 Å². The van der Waals surface area contributed by atoms with E-state index in [1.807, 2.05) is 0 Å². The van der Waals surface area contributed by atoms with E-state index in [1.54, 1.807) is 12.1 Å². The summed E-state index contributed by atoms with van der Waals surface area (Å²) in [6.45, 7) is 2.14. The third-order valence-corrected chi connectivity index (χ3v) is 2.13. The first-order chi connectivity index (χ1) is 8.13. The van der Waals surface area contributed by atoms with Gasteiger partial charge in [-0.25, -0.2) is 4.39 Å². The number of halogens is 1. The highest BCUT2D eigenvalue weighted by molar-refractivity contribution is 5.72. The SMILES string of the molecule is CC(=O)NCCC#Cc1ccc(CN)c(F)c1. The molecule has 3 nitrogen and oxygen atoms in total. The second kappa shape index (κ2) is 6.66. The minimum Gasteiger partial charge on any atom is -0.355 e. The van der Waals surface area contributed by atoms with Crippen LogP contribution in [0.4, 0.5) is 4.39 Å². The van der Waals surface area contributed by atoms with Crippen LogP contribution in [0.25, 0.3) is 0 Å². The minimum atomic E-state index is -0.332. The lowest BCUT2D eigenvalue weighted by Crippen LogP contribution is -2.20. The number of hydrogen-bond donors (Lipinski definition) is 2. The Kier molecular flexibility index (Phi) is 5.18. The molecule has 90 valence electrons. The summed E-state index contributed by atoms with van der Waals surface area (Å²) in [6.07, 6.45) is 0.542. The molecule has 0 bridgehead atoms. The van der Waals surface area contributed by atoms with E-state index in [1.165, 1.54) is 13.0 Å². The molecule has 4 heteroatoms. The van der Waals surface area contributed by atoms with Gasteiger partial charge in [-0.3, -0.25) is 4.79 Å². The van der Waals surface area contributed by atoms with Crippen LogP contribution in [0.2, 0.25) is 0 Å².